The summed E-state index contributed by atoms with van der Waals surface area (Å²) >= 11 is 9.32. The van der Waals surface area contributed by atoms with Crippen LogP contribution in [0.2, 0.25) is 5.02 Å². The van der Waals surface area contributed by atoms with Gasteiger partial charge in [-0.05, 0) is 31.0 Å². The minimum absolute atomic E-state index is 0.161. The Kier molecular flexibility index (Phi) is 4.65. The minimum Gasteiger partial charge on any atom is -0.391 e. The molecule has 0 aromatic heterocycles. The van der Waals surface area contributed by atoms with Crippen molar-refractivity contribution in [3.05, 3.63) is 33.3 Å². The van der Waals surface area contributed by atoms with Crippen LogP contribution in [0.3, 0.4) is 0 Å². The topological polar surface area (TPSA) is 49.3 Å². The molecule has 0 spiro atoms. The molecule has 1 amide bonds. The van der Waals surface area contributed by atoms with Gasteiger partial charge in [-0.15, -0.1) is 0 Å². The van der Waals surface area contributed by atoms with E-state index in [1.807, 2.05) is 0 Å². The summed E-state index contributed by atoms with van der Waals surface area (Å²) in [5.41, 5.74) is 0.442. The molecular formula is C13H15BrClNO2. The van der Waals surface area contributed by atoms with E-state index in [9.17, 15) is 9.90 Å². The van der Waals surface area contributed by atoms with Crippen molar-refractivity contribution in [1.82, 2.24) is 5.32 Å². The lowest BCUT2D eigenvalue weighted by molar-refractivity contribution is 0.0717. The molecule has 2 N–H and O–H groups in total. The van der Waals surface area contributed by atoms with Gasteiger partial charge in [-0.2, -0.15) is 0 Å². The van der Waals surface area contributed by atoms with Crippen LogP contribution in [0, 0.1) is 0 Å². The molecule has 1 fully saturated rings. The molecule has 0 aliphatic heterocycles. The fourth-order valence-electron chi connectivity index (χ4n) is 2.20. The van der Waals surface area contributed by atoms with E-state index in [4.69, 9.17) is 11.6 Å². The number of rotatable bonds is 2. The van der Waals surface area contributed by atoms with Gasteiger partial charge in [0.25, 0.3) is 5.91 Å². The van der Waals surface area contributed by atoms with Gasteiger partial charge >= 0.3 is 0 Å². The number of amides is 1. The van der Waals surface area contributed by atoms with Crippen LogP contribution in [-0.4, -0.2) is 23.2 Å². The lowest BCUT2D eigenvalue weighted by atomic mass is 9.92. The third-order valence-corrected chi connectivity index (χ3v) is 4.03. The molecule has 98 valence electrons. The number of aliphatic hydroxyl groups excluding tert-OH is 1. The van der Waals surface area contributed by atoms with Crippen LogP contribution in [0.4, 0.5) is 0 Å². The van der Waals surface area contributed by atoms with Crippen molar-refractivity contribution >= 4 is 33.4 Å². The van der Waals surface area contributed by atoms with Crippen molar-refractivity contribution in [2.45, 2.75) is 37.8 Å². The van der Waals surface area contributed by atoms with E-state index in [-0.39, 0.29) is 11.9 Å². The molecule has 1 aromatic rings. The first-order valence-electron chi connectivity index (χ1n) is 6.02. The van der Waals surface area contributed by atoms with Crippen LogP contribution in [0.5, 0.6) is 0 Å². The quantitative estimate of drug-likeness (QED) is 0.874. The van der Waals surface area contributed by atoms with Crippen LogP contribution in [0.25, 0.3) is 0 Å². The zero-order valence-corrected chi connectivity index (χ0v) is 12.2. The van der Waals surface area contributed by atoms with Gasteiger partial charge in [0.1, 0.15) is 0 Å². The molecule has 0 heterocycles. The molecule has 5 heteroatoms. The summed E-state index contributed by atoms with van der Waals surface area (Å²) in [6.45, 7) is 0. The smallest absolute Gasteiger partial charge is 0.253 e. The van der Waals surface area contributed by atoms with Gasteiger partial charge in [0, 0.05) is 4.47 Å². The largest absolute Gasteiger partial charge is 0.391 e. The van der Waals surface area contributed by atoms with Crippen LogP contribution in [0.15, 0.2) is 22.7 Å². The second-order valence-electron chi connectivity index (χ2n) is 4.56. The second-order valence-corrected chi connectivity index (χ2v) is 5.88. The van der Waals surface area contributed by atoms with Gasteiger partial charge < -0.3 is 10.4 Å². The monoisotopic (exact) mass is 331 g/mol. The molecule has 1 aliphatic rings. The lowest BCUT2D eigenvalue weighted by Crippen LogP contribution is -2.45. The van der Waals surface area contributed by atoms with Crippen molar-refractivity contribution in [3.63, 3.8) is 0 Å². The molecule has 1 saturated carbocycles. The predicted octanol–water partition coefficient (Wildman–Crippen LogP) is 3.14. The first-order chi connectivity index (χ1) is 8.58. The highest BCUT2D eigenvalue weighted by Crippen LogP contribution is 2.23. The Hall–Kier alpha value is -0.580. The first kappa shape index (κ1) is 13.8. The standard InChI is InChI=1S/C13H15BrClNO2/c14-8-5-6-9(10(15)7-8)13(18)16-11-3-1-2-4-12(11)17/h5-7,11-12,17H,1-4H2,(H,16,18). The lowest BCUT2D eigenvalue weighted by Gasteiger charge is -2.28. The number of hydrogen-bond donors (Lipinski definition) is 2. The van der Waals surface area contributed by atoms with Gasteiger partial charge in [0.15, 0.2) is 0 Å². The number of aliphatic hydroxyl groups is 1. The van der Waals surface area contributed by atoms with Crippen molar-refractivity contribution in [3.8, 4) is 0 Å². The summed E-state index contributed by atoms with van der Waals surface area (Å²) in [6.07, 6.45) is 3.18. The minimum atomic E-state index is -0.447. The summed E-state index contributed by atoms with van der Waals surface area (Å²) < 4.78 is 0.835. The fourth-order valence-corrected chi connectivity index (χ4v) is 2.96. The molecule has 0 radical (unpaired) electrons. The Bertz CT molecular complexity index is 453. The zero-order valence-electron chi connectivity index (χ0n) is 9.83. The Morgan fingerprint density at radius 1 is 1.39 bits per heavy atom. The molecule has 2 rings (SSSR count). The molecular weight excluding hydrogens is 318 g/mol. The van der Waals surface area contributed by atoms with E-state index in [0.29, 0.717) is 10.6 Å². The highest BCUT2D eigenvalue weighted by atomic mass is 79.9. The summed E-state index contributed by atoms with van der Waals surface area (Å²) in [7, 11) is 0. The number of benzene rings is 1. The van der Waals surface area contributed by atoms with E-state index >= 15 is 0 Å². The first-order valence-corrected chi connectivity index (χ1v) is 7.19. The maximum absolute atomic E-state index is 12.1. The summed E-state index contributed by atoms with van der Waals surface area (Å²) in [5.74, 6) is -0.224. The molecule has 2 unspecified atom stereocenters. The van der Waals surface area contributed by atoms with Crippen LogP contribution >= 0.6 is 27.5 Å². The van der Waals surface area contributed by atoms with E-state index < -0.39 is 6.10 Å². The highest BCUT2D eigenvalue weighted by Gasteiger charge is 2.25. The van der Waals surface area contributed by atoms with Crippen molar-refractivity contribution < 1.29 is 9.90 Å². The molecule has 2 atom stereocenters. The maximum Gasteiger partial charge on any atom is 0.253 e. The molecule has 1 aromatic carbocycles. The number of carbonyl (C=O) groups is 1. The summed E-state index contributed by atoms with van der Waals surface area (Å²) in [5, 5.41) is 13.1. The second kappa shape index (κ2) is 6.04. The van der Waals surface area contributed by atoms with Gasteiger partial charge in [-0.1, -0.05) is 40.4 Å². The SMILES string of the molecule is O=C(NC1CCCCC1O)c1ccc(Br)cc1Cl. The van der Waals surface area contributed by atoms with Crippen molar-refractivity contribution in [2.24, 2.45) is 0 Å². The van der Waals surface area contributed by atoms with Gasteiger partial charge in [0.05, 0.1) is 22.7 Å². The van der Waals surface area contributed by atoms with Gasteiger partial charge in [-0.25, -0.2) is 0 Å². The highest BCUT2D eigenvalue weighted by molar-refractivity contribution is 9.10. The Balaban J connectivity index is 2.07. The van der Waals surface area contributed by atoms with E-state index in [1.54, 1.807) is 18.2 Å². The van der Waals surface area contributed by atoms with E-state index in [2.05, 4.69) is 21.2 Å². The third kappa shape index (κ3) is 3.25. The summed E-state index contributed by atoms with van der Waals surface area (Å²) in [6, 6.07) is 4.98. The summed E-state index contributed by atoms with van der Waals surface area (Å²) in [4.78, 5) is 12.1. The number of carbonyl (C=O) groups excluding carboxylic acids is 1. The van der Waals surface area contributed by atoms with Gasteiger partial charge in [0.2, 0.25) is 0 Å². The molecule has 0 bridgehead atoms. The van der Waals surface area contributed by atoms with Crippen LogP contribution < -0.4 is 5.32 Å². The molecule has 0 saturated heterocycles. The average molecular weight is 333 g/mol. The Labute approximate surface area is 120 Å². The van der Waals surface area contributed by atoms with Crippen LogP contribution in [-0.2, 0) is 0 Å². The molecule has 18 heavy (non-hydrogen) atoms. The van der Waals surface area contributed by atoms with Crippen molar-refractivity contribution in [1.29, 1.82) is 0 Å². The van der Waals surface area contributed by atoms with Gasteiger partial charge in [-0.3, -0.25) is 4.79 Å². The van der Waals surface area contributed by atoms with Crippen molar-refractivity contribution in [2.75, 3.05) is 0 Å². The Morgan fingerprint density at radius 2 is 2.11 bits per heavy atom. The number of halogens is 2. The Morgan fingerprint density at radius 3 is 2.78 bits per heavy atom. The zero-order chi connectivity index (χ0) is 13.1. The number of hydrogen-bond acceptors (Lipinski definition) is 2. The van der Waals surface area contributed by atoms with E-state index in [1.165, 1.54) is 0 Å². The average Bonchev–Trinajstić information content (AvgIpc) is 2.32. The predicted molar refractivity (Wildman–Crippen MR) is 74.9 cm³/mol. The molecule has 3 nitrogen and oxygen atoms in total. The number of nitrogens with one attached hydrogen (secondary N) is 1. The normalized spacial score (nSPS) is 23.7. The maximum atomic E-state index is 12.1. The van der Waals surface area contributed by atoms with E-state index in [0.717, 1.165) is 30.2 Å². The molecule has 1 aliphatic carbocycles. The fraction of sp³-hybridized carbons (Fsp3) is 0.462. The van der Waals surface area contributed by atoms with Crippen LogP contribution in [0.1, 0.15) is 36.0 Å². The third-order valence-electron chi connectivity index (χ3n) is 3.22.